The second-order valence-electron chi connectivity index (χ2n) is 7.01. The number of rotatable bonds is 6. The molecule has 2 aromatic heterocycles. The van der Waals surface area contributed by atoms with Crippen LogP contribution in [0.4, 0.5) is 5.82 Å². The molecular weight excluding hydrogens is 426 g/mol. The molecular formula is C18H20ClN9O3. The number of aromatic nitrogens is 5. The van der Waals surface area contributed by atoms with Gasteiger partial charge in [0.1, 0.15) is 11.4 Å². The number of hydrogen-bond acceptors (Lipinski definition) is 10. The quantitative estimate of drug-likeness (QED) is 0.375. The number of phenols is 1. The third-order valence-electron chi connectivity index (χ3n) is 4.83. The van der Waals surface area contributed by atoms with Crippen molar-refractivity contribution in [1.29, 1.82) is 0 Å². The Hall–Kier alpha value is -3.51. The van der Waals surface area contributed by atoms with Gasteiger partial charge in [-0.05, 0) is 54.4 Å². The molecule has 0 radical (unpaired) electrons. The van der Waals surface area contributed by atoms with Gasteiger partial charge in [-0.2, -0.15) is 9.78 Å². The van der Waals surface area contributed by atoms with Crippen LogP contribution in [0, 0.1) is 0 Å². The van der Waals surface area contributed by atoms with Crippen LogP contribution in [0.3, 0.4) is 0 Å². The van der Waals surface area contributed by atoms with E-state index in [9.17, 15) is 9.90 Å². The number of piperidine rings is 1. The van der Waals surface area contributed by atoms with Crippen LogP contribution in [0.5, 0.6) is 5.75 Å². The van der Waals surface area contributed by atoms with Crippen LogP contribution in [0.25, 0.3) is 5.82 Å². The van der Waals surface area contributed by atoms with Crippen LogP contribution < -0.4 is 11.2 Å². The summed E-state index contributed by atoms with van der Waals surface area (Å²) in [5.41, 5.74) is 9.09. The molecule has 1 aromatic carbocycles. The molecule has 1 fully saturated rings. The van der Waals surface area contributed by atoms with E-state index >= 15 is 0 Å². The summed E-state index contributed by atoms with van der Waals surface area (Å²) < 4.78 is 5.80. The average Bonchev–Trinajstić information content (AvgIpc) is 3.37. The molecule has 0 unspecified atom stereocenters. The van der Waals surface area contributed by atoms with Crippen LogP contribution in [-0.2, 0) is 6.54 Å². The molecule has 0 atom stereocenters. The number of nitrogens with one attached hydrogen (secondary N) is 1. The predicted molar refractivity (Wildman–Crippen MR) is 111 cm³/mol. The number of likely N-dealkylation sites (tertiary alicyclic amines) is 1. The lowest BCUT2D eigenvalue weighted by molar-refractivity contribution is 0.0944. The second-order valence-corrected chi connectivity index (χ2v) is 7.45. The zero-order valence-corrected chi connectivity index (χ0v) is 17.2. The molecule has 4 rings (SSSR count). The number of carbonyl (C=O) groups excluding carboxylic acids is 1. The van der Waals surface area contributed by atoms with E-state index in [1.807, 2.05) is 0 Å². The molecule has 0 aliphatic carbocycles. The van der Waals surface area contributed by atoms with E-state index in [4.69, 9.17) is 17.3 Å². The number of nitrogens with zero attached hydrogens (tertiary/aromatic N) is 7. The average molecular weight is 446 g/mol. The number of hydrogen-bond donors (Lipinski definition) is 3. The SMILES string of the molecule is Nc1nonc1-n1nnc(CN2CCCCC2)c1C(=O)N/N=C/c1cc(Cl)ccc1O. The largest absolute Gasteiger partial charge is 0.507 e. The van der Waals surface area contributed by atoms with Crippen LogP contribution in [-0.4, -0.2) is 60.5 Å². The van der Waals surface area contributed by atoms with E-state index in [1.165, 1.54) is 29.4 Å². The minimum Gasteiger partial charge on any atom is -0.507 e. The number of benzene rings is 1. The number of phenolic OH excluding ortho intramolecular Hbond substituents is 1. The van der Waals surface area contributed by atoms with Gasteiger partial charge in [0, 0.05) is 17.1 Å². The lowest BCUT2D eigenvalue weighted by atomic mass is 10.1. The summed E-state index contributed by atoms with van der Waals surface area (Å²) in [4.78, 5) is 15.2. The van der Waals surface area contributed by atoms with Crippen molar-refractivity contribution in [3.8, 4) is 11.6 Å². The summed E-state index contributed by atoms with van der Waals surface area (Å²) in [5.74, 6) is -0.589. The van der Waals surface area contributed by atoms with Crippen molar-refractivity contribution >= 4 is 29.5 Å². The lowest BCUT2D eigenvalue weighted by Gasteiger charge is -2.25. The number of hydrazone groups is 1. The highest BCUT2D eigenvalue weighted by atomic mass is 35.5. The highest BCUT2D eigenvalue weighted by molar-refractivity contribution is 6.30. The first-order valence-electron chi connectivity index (χ1n) is 9.60. The van der Waals surface area contributed by atoms with Crippen molar-refractivity contribution in [3.63, 3.8) is 0 Å². The Kier molecular flexibility index (Phi) is 6.09. The Morgan fingerprint density at radius 2 is 2.13 bits per heavy atom. The summed E-state index contributed by atoms with van der Waals surface area (Å²) in [7, 11) is 0. The maximum absolute atomic E-state index is 13.0. The van der Waals surface area contributed by atoms with Crippen molar-refractivity contribution in [2.75, 3.05) is 18.8 Å². The van der Waals surface area contributed by atoms with Crippen molar-refractivity contribution in [2.24, 2.45) is 5.10 Å². The van der Waals surface area contributed by atoms with Crippen LogP contribution >= 0.6 is 11.6 Å². The monoisotopic (exact) mass is 445 g/mol. The molecule has 1 amide bonds. The summed E-state index contributed by atoms with van der Waals surface area (Å²) in [6.45, 7) is 2.26. The third-order valence-corrected chi connectivity index (χ3v) is 5.07. The van der Waals surface area contributed by atoms with Crippen molar-refractivity contribution in [3.05, 3.63) is 40.2 Å². The molecule has 0 spiro atoms. The van der Waals surface area contributed by atoms with Gasteiger partial charge in [-0.15, -0.1) is 5.10 Å². The number of amides is 1. The van der Waals surface area contributed by atoms with E-state index in [1.54, 1.807) is 6.07 Å². The van der Waals surface area contributed by atoms with Crippen LogP contribution in [0.1, 0.15) is 41.0 Å². The van der Waals surface area contributed by atoms with Gasteiger partial charge in [0.05, 0.1) is 6.21 Å². The molecule has 12 nitrogen and oxygen atoms in total. The zero-order valence-electron chi connectivity index (χ0n) is 16.4. The molecule has 162 valence electrons. The van der Waals surface area contributed by atoms with Crippen LogP contribution in [0.15, 0.2) is 27.9 Å². The summed E-state index contributed by atoms with van der Waals surface area (Å²) in [6, 6.07) is 4.49. The van der Waals surface area contributed by atoms with E-state index in [0.29, 0.717) is 22.8 Å². The van der Waals surface area contributed by atoms with E-state index in [2.05, 4.69) is 40.7 Å². The van der Waals surface area contributed by atoms with Gasteiger partial charge >= 0.3 is 0 Å². The highest BCUT2D eigenvalue weighted by Crippen LogP contribution is 2.20. The smallest absolute Gasteiger partial charge is 0.292 e. The Morgan fingerprint density at radius 3 is 2.87 bits per heavy atom. The number of nitrogen functional groups attached to an aromatic ring is 1. The van der Waals surface area contributed by atoms with Crippen LogP contribution in [0.2, 0.25) is 5.02 Å². The lowest BCUT2D eigenvalue weighted by Crippen LogP contribution is -2.31. The molecule has 0 bridgehead atoms. The van der Waals surface area contributed by atoms with E-state index in [0.717, 1.165) is 25.9 Å². The fraction of sp³-hybridized carbons (Fsp3) is 0.333. The van der Waals surface area contributed by atoms with Gasteiger partial charge in [-0.3, -0.25) is 9.69 Å². The summed E-state index contributed by atoms with van der Waals surface area (Å²) in [5, 5.41) is 29.6. The molecule has 3 aromatic rings. The second kappa shape index (κ2) is 9.10. The number of nitrogens with two attached hydrogens (primary N) is 1. The normalized spacial score (nSPS) is 14.9. The Balaban J connectivity index is 1.60. The van der Waals surface area contributed by atoms with E-state index in [-0.39, 0.29) is 23.1 Å². The van der Waals surface area contributed by atoms with Gasteiger partial charge in [0.2, 0.25) is 11.6 Å². The standard InChI is InChI=1S/C18H20ClN9O3/c19-12-4-5-14(29)11(8-12)9-21-23-18(30)15-13(10-27-6-2-1-3-7-27)22-26-28(15)17-16(20)24-31-25-17/h4-5,8-9,29H,1-3,6-7,10H2,(H2,20,24)(H,23,30)/b21-9+. The molecule has 4 N–H and O–H groups in total. The maximum Gasteiger partial charge on any atom is 0.292 e. The third kappa shape index (κ3) is 4.64. The number of anilines is 1. The molecule has 13 heteroatoms. The number of aromatic hydroxyl groups is 1. The van der Waals surface area contributed by atoms with Gasteiger partial charge in [-0.1, -0.05) is 23.2 Å². The molecule has 1 aliphatic rings. The molecule has 0 saturated carbocycles. The van der Waals surface area contributed by atoms with E-state index < -0.39 is 5.91 Å². The summed E-state index contributed by atoms with van der Waals surface area (Å²) >= 11 is 5.93. The fourth-order valence-corrected chi connectivity index (χ4v) is 3.48. The first-order valence-corrected chi connectivity index (χ1v) is 9.98. The van der Waals surface area contributed by atoms with Gasteiger partial charge in [-0.25, -0.2) is 10.1 Å². The first-order chi connectivity index (χ1) is 15.0. The summed E-state index contributed by atoms with van der Waals surface area (Å²) in [6.07, 6.45) is 4.64. The Bertz CT molecular complexity index is 1100. The highest BCUT2D eigenvalue weighted by Gasteiger charge is 2.26. The van der Waals surface area contributed by atoms with Gasteiger partial charge in [0.25, 0.3) is 5.91 Å². The minimum atomic E-state index is -0.586. The van der Waals surface area contributed by atoms with Gasteiger partial charge in [0.15, 0.2) is 5.69 Å². The molecule has 1 saturated heterocycles. The predicted octanol–water partition coefficient (Wildman–Crippen LogP) is 1.34. The molecule has 31 heavy (non-hydrogen) atoms. The molecule has 3 heterocycles. The van der Waals surface area contributed by atoms with Crippen molar-refractivity contribution < 1.29 is 14.5 Å². The maximum atomic E-state index is 13.0. The fourth-order valence-electron chi connectivity index (χ4n) is 3.30. The molecule has 1 aliphatic heterocycles. The Labute approximate surface area is 181 Å². The number of halogens is 1. The minimum absolute atomic E-state index is 0.0265. The topological polar surface area (TPSA) is 161 Å². The first kappa shape index (κ1) is 20.8. The zero-order chi connectivity index (χ0) is 21.8. The van der Waals surface area contributed by atoms with Crippen molar-refractivity contribution in [2.45, 2.75) is 25.8 Å². The van der Waals surface area contributed by atoms with Gasteiger partial charge < -0.3 is 10.8 Å². The van der Waals surface area contributed by atoms with Crippen molar-refractivity contribution in [1.82, 2.24) is 35.6 Å². The number of carbonyl (C=O) groups is 1. The Morgan fingerprint density at radius 1 is 1.32 bits per heavy atom.